The Morgan fingerprint density at radius 3 is 2.46 bits per heavy atom. The van der Waals surface area contributed by atoms with Gasteiger partial charge >= 0.3 is 5.63 Å². The van der Waals surface area contributed by atoms with Crippen LogP contribution in [0, 0.1) is 27.7 Å². The van der Waals surface area contributed by atoms with Crippen LogP contribution in [0.1, 0.15) is 48.3 Å². The maximum atomic E-state index is 12.5. The summed E-state index contributed by atoms with van der Waals surface area (Å²) in [6.45, 7) is 11.7. The molecule has 0 fully saturated rings. The Morgan fingerprint density at radius 1 is 1.12 bits per heavy atom. The lowest BCUT2D eigenvalue weighted by molar-refractivity contribution is -0.121. The van der Waals surface area contributed by atoms with E-state index in [1.54, 1.807) is 0 Å². The van der Waals surface area contributed by atoms with E-state index in [0.29, 0.717) is 11.1 Å². The second kappa shape index (κ2) is 6.63. The summed E-state index contributed by atoms with van der Waals surface area (Å²) in [5, 5.41) is 4.71. The van der Waals surface area contributed by atoms with E-state index in [2.05, 4.69) is 5.32 Å². The van der Waals surface area contributed by atoms with Gasteiger partial charge in [-0.05, 0) is 63.8 Å². The summed E-state index contributed by atoms with van der Waals surface area (Å²) in [6, 6.07) is 1.94. The second-order valence-corrected chi connectivity index (χ2v) is 7.10. The lowest BCUT2D eigenvalue weighted by Gasteiger charge is -2.13. The number of furan rings is 1. The quantitative estimate of drug-likeness (QED) is 0.711. The van der Waals surface area contributed by atoms with Gasteiger partial charge in [0.1, 0.15) is 16.9 Å². The number of nitrogens with one attached hydrogen (secondary N) is 1. The van der Waals surface area contributed by atoms with E-state index in [1.165, 1.54) is 0 Å². The molecule has 1 N–H and O–H groups in total. The van der Waals surface area contributed by atoms with Crippen molar-refractivity contribution < 1.29 is 13.6 Å². The third-order valence-corrected chi connectivity index (χ3v) is 5.23. The Labute approximate surface area is 152 Å². The summed E-state index contributed by atoms with van der Waals surface area (Å²) in [7, 11) is 0. The van der Waals surface area contributed by atoms with Gasteiger partial charge in [-0.3, -0.25) is 4.79 Å². The molecular weight excluding hydrogens is 330 g/mol. The molecule has 1 aromatic carbocycles. The summed E-state index contributed by atoms with van der Waals surface area (Å²) >= 11 is 0. The average molecular weight is 355 g/mol. The van der Waals surface area contributed by atoms with Crippen molar-refractivity contribution in [1.82, 2.24) is 5.32 Å². The molecule has 138 valence electrons. The zero-order chi connectivity index (χ0) is 19.2. The van der Waals surface area contributed by atoms with Crippen molar-refractivity contribution in [3.8, 4) is 0 Å². The van der Waals surface area contributed by atoms with Crippen molar-refractivity contribution >= 4 is 27.8 Å². The first kappa shape index (κ1) is 18.2. The molecular formula is C21H25NO4. The van der Waals surface area contributed by atoms with Crippen LogP contribution in [-0.4, -0.2) is 11.9 Å². The van der Waals surface area contributed by atoms with Gasteiger partial charge in [-0.1, -0.05) is 6.92 Å². The molecule has 26 heavy (non-hydrogen) atoms. The average Bonchev–Trinajstić information content (AvgIpc) is 2.86. The van der Waals surface area contributed by atoms with Gasteiger partial charge in [0.25, 0.3) is 0 Å². The van der Waals surface area contributed by atoms with Crippen LogP contribution in [0.5, 0.6) is 0 Å². The number of aryl methyl sites for hydroxylation is 4. The Morgan fingerprint density at radius 2 is 1.81 bits per heavy atom. The van der Waals surface area contributed by atoms with Gasteiger partial charge in [0.15, 0.2) is 0 Å². The van der Waals surface area contributed by atoms with E-state index in [-0.39, 0.29) is 18.4 Å². The molecule has 2 aromatic heterocycles. The highest BCUT2D eigenvalue weighted by molar-refractivity contribution is 6.07. The standard InChI is InChI=1S/C21H25NO4/c1-7-11(3)22-17(23)9-15-13(5)19-16(26-21(15)24)8-10(2)18-12(4)14(6)25-20(18)19/h8,11H,7,9H2,1-6H3,(H,22,23)/t11-/m0/s1. The summed E-state index contributed by atoms with van der Waals surface area (Å²) < 4.78 is 11.5. The maximum absolute atomic E-state index is 12.5. The van der Waals surface area contributed by atoms with Gasteiger partial charge in [0, 0.05) is 11.4 Å². The zero-order valence-electron chi connectivity index (χ0n) is 16.2. The summed E-state index contributed by atoms with van der Waals surface area (Å²) in [4.78, 5) is 24.8. The molecule has 2 heterocycles. The fraction of sp³-hybridized carbons (Fsp3) is 0.429. The predicted octanol–water partition coefficient (Wildman–Crippen LogP) is 4.23. The molecule has 0 radical (unpaired) electrons. The van der Waals surface area contributed by atoms with Crippen LogP contribution in [0.3, 0.4) is 0 Å². The molecule has 0 aliphatic heterocycles. The highest BCUT2D eigenvalue weighted by Gasteiger charge is 2.21. The Bertz CT molecular complexity index is 1070. The smallest absolute Gasteiger partial charge is 0.340 e. The number of carbonyl (C=O) groups is 1. The second-order valence-electron chi connectivity index (χ2n) is 7.10. The molecule has 3 rings (SSSR count). The van der Waals surface area contributed by atoms with Crippen LogP contribution in [0.25, 0.3) is 21.9 Å². The minimum Gasteiger partial charge on any atom is -0.460 e. The Balaban J connectivity index is 2.22. The van der Waals surface area contributed by atoms with E-state index in [1.807, 2.05) is 47.6 Å². The number of hydrogen-bond acceptors (Lipinski definition) is 4. The molecule has 0 aliphatic carbocycles. The number of hydrogen-bond donors (Lipinski definition) is 1. The first-order valence-electron chi connectivity index (χ1n) is 8.99. The number of benzene rings is 1. The highest BCUT2D eigenvalue weighted by Crippen LogP contribution is 2.35. The van der Waals surface area contributed by atoms with Gasteiger partial charge < -0.3 is 14.2 Å². The molecule has 0 aliphatic rings. The first-order chi connectivity index (χ1) is 12.2. The molecule has 0 saturated carbocycles. The summed E-state index contributed by atoms with van der Waals surface area (Å²) in [5.41, 5.74) is 3.97. The molecule has 0 saturated heterocycles. The van der Waals surface area contributed by atoms with Crippen LogP contribution in [0.4, 0.5) is 0 Å². The predicted molar refractivity (Wildman–Crippen MR) is 103 cm³/mol. The van der Waals surface area contributed by atoms with Crippen molar-refractivity contribution in [3.05, 3.63) is 44.5 Å². The lowest BCUT2D eigenvalue weighted by atomic mass is 9.98. The normalized spacial score (nSPS) is 12.7. The number of rotatable bonds is 4. The van der Waals surface area contributed by atoms with Gasteiger partial charge in [-0.15, -0.1) is 0 Å². The van der Waals surface area contributed by atoms with Crippen molar-refractivity contribution in [1.29, 1.82) is 0 Å². The SMILES string of the molecule is CC[C@H](C)NC(=O)Cc1c(C)c2c(cc(C)c3c(C)c(C)oc32)oc1=O. The fourth-order valence-corrected chi connectivity index (χ4v) is 3.42. The van der Waals surface area contributed by atoms with Crippen LogP contribution in [-0.2, 0) is 11.2 Å². The zero-order valence-corrected chi connectivity index (χ0v) is 16.2. The molecule has 5 heteroatoms. The van der Waals surface area contributed by atoms with Crippen molar-refractivity contribution in [3.63, 3.8) is 0 Å². The molecule has 5 nitrogen and oxygen atoms in total. The highest BCUT2D eigenvalue weighted by atomic mass is 16.4. The van der Waals surface area contributed by atoms with E-state index >= 15 is 0 Å². The summed E-state index contributed by atoms with van der Waals surface area (Å²) in [6.07, 6.45) is 0.838. The van der Waals surface area contributed by atoms with E-state index in [9.17, 15) is 9.59 Å². The molecule has 3 aromatic rings. The van der Waals surface area contributed by atoms with Crippen LogP contribution in [0.15, 0.2) is 19.7 Å². The lowest BCUT2D eigenvalue weighted by Crippen LogP contribution is -2.34. The van der Waals surface area contributed by atoms with Crippen LogP contribution in [0.2, 0.25) is 0 Å². The van der Waals surface area contributed by atoms with Crippen molar-refractivity contribution in [2.75, 3.05) is 0 Å². The molecule has 0 spiro atoms. The van der Waals surface area contributed by atoms with Gasteiger partial charge in [0.2, 0.25) is 5.91 Å². The molecule has 0 bridgehead atoms. The van der Waals surface area contributed by atoms with Crippen molar-refractivity contribution in [2.24, 2.45) is 0 Å². The minimum absolute atomic E-state index is 0.00247. The Kier molecular flexibility index (Phi) is 4.65. The van der Waals surface area contributed by atoms with Gasteiger partial charge in [-0.25, -0.2) is 4.79 Å². The molecule has 1 amide bonds. The number of fused-ring (bicyclic) bond motifs is 3. The third kappa shape index (κ3) is 2.91. The topological polar surface area (TPSA) is 72.5 Å². The van der Waals surface area contributed by atoms with Crippen molar-refractivity contribution in [2.45, 2.75) is 60.4 Å². The number of amides is 1. The van der Waals surface area contributed by atoms with E-state index < -0.39 is 5.63 Å². The first-order valence-corrected chi connectivity index (χ1v) is 8.99. The Hall–Kier alpha value is -2.56. The van der Waals surface area contributed by atoms with Gasteiger partial charge in [0.05, 0.1) is 17.4 Å². The van der Waals surface area contributed by atoms with Gasteiger partial charge in [-0.2, -0.15) is 0 Å². The third-order valence-electron chi connectivity index (χ3n) is 5.23. The van der Waals surface area contributed by atoms with E-state index in [0.717, 1.165) is 45.2 Å². The minimum atomic E-state index is -0.465. The largest absolute Gasteiger partial charge is 0.460 e. The monoisotopic (exact) mass is 355 g/mol. The fourth-order valence-electron chi connectivity index (χ4n) is 3.42. The van der Waals surface area contributed by atoms with Crippen LogP contribution < -0.4 is 10.9 Å². The molecule has 1 atom stereocenters. The number of carbonyl (C=O) groups excluding carboxylic acids is 1. The molecule has 0 unspecified atom stereocenters. The van der Waals surface area contributed by atoms with E-state index in [4.69, 9.17) is 8.83 Å². The van der Waals surface area contributed by atoms with Crippen LogP contribution >= 0.6 is 0 Å². The maximum Gasteiger partial charge on any atom is 0.340 e. The summed E-state index contributed by atoms with van der Waals surface area (Å²) in [5.74, 6) is 0.668.